The van der Waals surface area contributed by atoms with Gasteiger partial charge in [-0.1, -0.05) is 30.3 Å². The SMILES string of the molecule is c1ccc(-c2cc(N3CCCC(c4nnc5n4CCC5)C3)n3ncnc3n2)cc1. The first-order chi connectivity index (χ1) is 14.4. The van der Waals surface area contributed by atoms with Crippen molar-refractivity contribution in [1.29, 1.82) is 0 Å². The van der Waals surface area contributed by atoms with Crippen LogP contribution in [0.5, 0.6) is 0 Å². The molecule has 0 amide bonds. The lowest BCUT2D eigenvalue weighted by Crippen LogP contribution is -2.36. The second-order valence-electron chi connectivity index (χ2n) is 7.85. The van der Waals surface area contributed by atoms with E-state index in [-0.39, 0.29) is 0 Å². The fourth-order valence-electron chi connectivity index (χ4n) is 4.65. The van der Waals surface area contributed by atoms with Gasteiger partial charge in [0.2, 0.25) is 0 Å². The first-order valence-corrected chi connectivity index (χ1v) is 10.3. The van der Waals surface area contributed by atoms with E-state index in [0.717, 1.165) is 67.6 Å². The van der Waals surface area contributed by atoms with Crippen LogP contribution >= 0.6 is 0 Å². The highest BCUT2D eigenvalue weighted by Gasteiger charge is 2.29. The Labute approximate surface area is 168 Å². The van der Waals surface area contributed by atoms with Crippen molar-refractivity contribution in [3.63, 3.8) is 0 Å². The highest BCUT2D eigenvalue weighted by molar-refractivity contribution is 5.65. The Balaban J connectivity index is 1.39. The number of hydrogen-bond acceptors (Lipinski definition) is 6. The molecule has 8 heteroatoms. The van der Waals surface area contributed by atoms with Gasteiger partial charge in [-0.05, 0) is 19.3 Å². The standard InChI is InChI=1S/C21H22N8/c1-2-6-15(7-3-1)17-12-19(29-21(24-17)22-14-23-29)27-10-4-8-16(13-27)20-26-25-18-9-5-11-28(18)20/h1-3,6-7,12,14,16H,4-5,8-11,13H2. The van der Waals surface area contributed by atoms with Gasteiger partial charge in [-0.2, -0.15) is 14.6 Å². The van der Waals surface area contributed by atoms with Gasteiger partial charge >= 0.3 is 0 Å². The molecule has 4 aromatic rings. The van der Waals surface area contributed by atoms with Crippen LogP contribution in [0.1, 0.15) is 36.8 Å². The smallest absolute Gasteiger partial charge is 0.254 e. The number of anilines is 1. The van der Waals surface area contributed by atoms with Crippen LogP contribution in [0.4, 0.5) is 5.82 Å². The maximum Gasteiger partial charge on any atom is 0.254 e. The molecule has 8 nitrogen and oxygen atoms in total. The van der Waals surface area contributed by atoms with E-state index in [1.807, 2.05) is 22.7 Å². The molecule has 2 aliphatic heterocycles. The summed E-state index contributed by atoms with van der Waals surface area (Å²) in [5.41, 5.74) is 2.01. The zero-order valence-corrected chi connectivity index (χ0v) is 16.1. The average Bonchev–Trinajstić information content (AvgIpc) is 3.50. The molecular weight excluding hydrogens is 364 g/mol. The third-order valence-electron chi connectivity index (χ3n) is 6.05. The van der Waals surface area contributed by atoms with Crippen molar-refractivity contribution < 1.29 is 0 Å². The number of fused-ring (bicyclic) bond motifs is 2. The van der Waals surface area contributed by atoms with E-state index in [4.69, 9.17) is 4.98 Å². The molecule has 0 spiro atoms. The molecule has 5 heterocycles. The van der Waals surface area contributed by atoms with E-state index < -0.39 is 0 Å². The molecule has 2 aliphatic rings. The fraction of sp³-hybridized carbons (Fsp3) is 0.381. The average molecular weight is 386 g/mol. The molecular formula is C21H22N8. The van der Waals surface area contributed by atoms with Gasteiger partial charge < -0.3 is 9.47 Å². The minimum Gasteiger partial charge on any atom is -0.356 e. The van der Waals surface area contributed by atoms with Crippen LogP contribution in [-0.4, -0.2) is 47.4 Å². The van der Waals surface area contributed by atoms with Crippen molar-refractivity contribution >= 4 is 11.6 Å². The molecule has 0 radical (unpaired) electrons. The lowest BCUT2D eigenvalue weighted by molar-refractivity contribution is 0.469. The highest BCUT2D eigenvalue weighted by Crippen LogP contribution is 2.32. The second-order valence-corrected chi connectivity index (χ2v) is 7.85. The van der Waals surface area contributed by atoms with E-state index >= 15 is 0 Å². The van der Waals surface area contributed by atoms with E-state index in [1.54, 1.807) is 6.33 Å². The molecule has 0 saturated carbocycles. The fourth-order valence-corrected chi connectivity index (χ4v) is 4.65. The topological polar surface area (TPSA) is 77.0 Å². The molecule has 3 aromatic heterocycles. The van der Waals surface area contributed by atoms with Gasteiger partial charge in [0.05, 0.1) is 5.69 Å². The molecule has 0 N–H and O–H groups in total. The summed E-state index contributed by atoms with van der Waals surface area (Å²) in [6.07, 6.45) is 6.07. The molecule has 0 aliphatic carbocycles. The Hall–Kier alpha value is -3.29. The minimum atomic E-state index is 0.384. The molecule has 1 saturated heterocycles. The minimum absolute atomic E-state index is 0.384. The third kappa shape index (κ3) is 2.78. The first kappa shape index (κ1) is 16.6. The van der Waals surface area contributed by atoms with Gasteiger partial charge in [0, 0.05) is 43.6 Å². The van der Waals surface area contributed by atoms with Gasteiger partial charge in [-0.3, -0.25) is 0 Å². The number of benzene rings is 1. The van der Waals surface area contributed by atoms with Crippen LogP contribution in [0, 0.1) is 0 Å². The predicted octanol–water partition coefficient (Wildman–Crippen LogP) is 2.71. The number of nitrogens with zero attached hydrogens (tertiary/aromatic N) is 8. The first-order valence-electron chi connectivity index (χ1n) is 10.3. The van der Waals surface area contributed by atoms with Gasteiger partial charge in [-0.15, -0.1) is 10.2 Å². The van der Waals surface area contributed by atoms with E-state index in [1.165, 1.54) is 6.42 Å². The van der Waals surface area contributed by atoms with Crippen LogP contribution in [0.15, 0.2) is 42.7 Å². The number of piperidine rings is 1. The maximum atomic E-state index is 4.71. The van der Waals surface area contributed by atoms with E-state index in [2.05, 4.69) is 47.9 Å². The summed E-state index contributed by atoms with van der Waals surface area (Å²) in [6, 6.07) is 12.4. The summed E-state index contributed by atoms with van der Waals surface area (Å²) in [5.74, 6) is 4.35. The summed E-state index contributed by atoms with van der Waals surface area (Å²) in [5, 5.41) is 13.4. The molecule has 1 fully saturated rings. The summed E-state index contributed by atoms with van der Waals surface area (Å²) < 4.78 is 4.18. The van der Waals surface area contributed by atoms with Crippen LogP contribution < -0.4 is 4.90 Å². The number of hydrogen-bond donors (Lipinski definition) is 0. The van der Waals surface area contributed by atoms with Gasteiger partial charge in [0.25, 0.3) is 5.78 Å². The summed E-state index contributed by atoms with van der Waals surface area (Å²) in [6.45, 7) is 2.95. The van der Waals surface area contributed by atoms with E-state index in [9.17, 15) is 0 Å². The molecule has 0 bridgehead atoms. The molecule has 1 atom stereocenters. The largest absolute Gasteiger partial charge is 0.356 e. The zero-order valence-electron chi connectivity index (χ0n) is 16.1. The molecule has 146 valence electrons. The van der Waals surface area contributed by atoms with Crippen molar-refractivity contribution in [2.45, 2.75) is 38.1 Å². The molecule has 1 aromatic carbocycles. The Morgan fingerprint density at radius 3 is 2.86 bits per heavy atom. The lowest BCUT2D eigenvalue weighted by atomic mass is 9.97. The summed E-state index contributed by atoms with van der Waals surface area (Å²) >= 11 is 0. The van der Waals surface area contributed by atoms with Crippen LogP contribution in [0.2, 0.25) is 0 Å². The summed E-state index contributed by atoms with van der Waals surface area (Å²) in [7, 11) is 0. The normalized spacial score (nSPS) is 19.0. The number of aromatic nitrogens is 7. The monoisotopic (exact) mass is 386 g/mol. The van der Waals surface area contributed by atoms with Crippen molar-refractivity contribution in [1.82, 2.24) is 34.3 Å². The summed E-state index contributed by atoms with van der Waals surface area (Å²) in [4.78, 5) is 11.5. The number of aryl methyl sites for hydroxylation is 1. The zero-order chi connectivity index (χ0) is 19.2. The Bertz CT molecular complexity index is 1160. The van der Waals surface area contributed by atoms with Crippen molar-refractivity contribution in [3.05, 3.63) is 54.4 Å². The van der Waals surface area contributed by atoms with Crippen LogP contribution in [0.25, 0.3) is 17.0 Å². The predicted molar refractivity (Wildman–Crippen MR) is 109 cm³/mol. The van der Waals surface area contributed by atoms with E-state index in [0.29, 0.717) is 11.7 Å². The quantitative estimate of drug-likeness (QED) is 0.539. The molecule has 29 heavy (non-hydrogen) atoms. The third-order valence-corrected chi connectivity index (χ3v) is 6.05. The van der Waals surface area contributed by atoms with Gasteiger partial charge in [0.1, 0.15) is 23.8 Å². The highest BCUT2D eigenvalue weighted by atomic mass is 15.4. The molecule has 6 rings (SSSR count). The van der Waals surface area contributed by atoms with Crippen molar-refractivity contribution in [2.75, 3.05) is 18.0 Å². The van der Waals surface area contributed by atoms with Crippen molar-refractivity contribution in [2.24, 2.45) is 0 Å². The van der Waals surface area contributed by atoms with Crippen LogP contribution in [-0.2, 0) is 13.0 Å². The Morgan fingerprint density at radius 1 is 1.00 bits per heavy atom. The van der Waals surface area contributed by atoms with Gasteiger partial charge in [-0.25, -0.2) is 4.98 Å². The maximum absolute atomic E-state index is 4.71. The van der Waals surface area contributed by atoms with Gasteiger partial charge in [0.15, 0.2) is 0 Å². The lowest BCUT2D eigenvalue weighted by Gasteiger charge is -2.34. The van der Waals surface area contributed by atoms with Crippen LogP contribution in [0.3, 0.4) is 0 Å². The molecule has 1 unspecified atom stereocenters. The van der Waals surface area contributed by atoms with Crippen molar-refractivity contribution in [3.8, 4) is 11.3 Å². The second kappa shape index (κ2) is 6.65. The Kier molecular flexibility index (Phi) is 3.82. The Morgan fingerprint density at radius 2 is 1.93 bits per heavy atom. The number of rotatable bonds is 3.